The van der Waals surface area contributed by atoms with Gasteiger partial charge in [-0.3, -0.25) is 4.98 Å². The fraction of sp³-hybridized carbons (Fsp3) is 0.188. The van der Waals surface area contributed by atoms with Crippen molar-refractivity contribution in [3.05, 3.63) is 48.8 Å². The maximum atomic E-state index is 6.06. The van der Waals surface area contributed by atoms with Crippen LogP contribution in [0.2, 0.25) is 0 Å². The zero-order valence-electron chi connectivity index (χ0n) is 11.2. The summed E-state index contributed by atoms with van der Waals surface area (Å²) in [6, 6.07) is 12.5. The van der Waals surface area contributed by atoms with Gasteiger partial charge in [0.1, 0.15) is 0 Å². The highest BCUT2D eigenvalue weighted by Crippen LogP contribution is 2.33. The lowest BCUT2D eigenvalue weighted by atomic mass is 10.1. The number of aromatic nitrogens is 2. The minimum atomic E-state index is 0.406. The van der Waals surface area contributed by atoms with E-state index in [2.05, 4.69) is 53.9 Å². The van der Waals surface area contributed by atoms with Gasteiger partial charge < -0.3 is 10.3 Å². The number of benzene rings is 1. The molecule has 0 spiro atoms. The van der Waals surface area contributed by atoms with Crippen molar-refractivity contribution in [3.63, 3.8) is 0 Å². The predicted octanol–water partition coefficient (Wildman–Crippen LogP) is 3.87. The Bertz CT molecular complexity index is 726. The summed E-state index contributed by atoms with van der Waals surface area (Å²) in [6.07, 6.45) is 3.93. The largest absolute Gasteiger partial charge is 0.397 e. The molecule has 0 amide bonds. The molecule has 0 bridgehead atoms. The Morgan fingerprint density at radius 1 is 1.11 bits per heavy atom. The summed E-state index contributed by atoms with van der Waals surface area (Å²) in [4.78, 5) is 4.43. The fourth-order valence-electron chi connectivity index (χ4n) is 2.46. The van der Waals surface area contributed by atoms with E-state index in [0.717, 1.165) is 11.3 Å². The highest BCUT2D eigenvalue weighted by atomic mass is 15.0. The molecule has 3 rings (SSSR count). The molecule has 0 unspecified atom stereocenters. The molecular weight excluding hydrogens is 234 g/mol. The number of pyridine rings is 1. The van der Waals surface area contributed by atoms with E-state index in [9.17, 15) is 0 Å². The van der Waals surface area contributed by atoms with Crippen LogP contribution >= 0.6 is 0 Å². The Kier molecular flexibility index (Phi) is 2.75. The average Bonchev–Trinajstić information content (AvgIpc) is 2.79. The summed E-state index contributed by atoms with van der Waals surface area (Å²) < 4.78 is 2.26. The Morgan fingerprint density at radius 2 is 1.89 bits per heavy atom. The summed E-state index contributed by atoms with van der Waals surface area (Å²) in [7, 11) is 0. The molecule has 2 heterocycles. The number of hydrogen-bond donors (Lipinski definition) is 1. The molecule has 1 aromatic carbocycles. The lowest BCUT2D eigenvalue weighted by molar-refractivity contribution is 0.623. The van der Waals surface area contributed by atoms with Crippen molar-refractivity contribution in [3.8, 4) is 11.3 Å². The number of para-hydroxylation sites is 1. The maximum absolute atomic E-state index is 6.06. The van der Waals surface area contributed by atoms with Crippen LogP contribution in [0.3, 0.4) is 0 Å². The molecule has 3 aromatic rings. The summed E-state index contributed by atoms with van der Waals surface area (Å²) in [5.41, 5.74) is 9.95. The Balaban J connectivity index is 2.34. The summed E-state index contributed by atoms with van der Waals surface area (Å²) in [6.45, 7) is 4.36. The fourth-order valence-corrected chi connectivity index (χ4v) is 2.46. The standard InChI is InChI=1S/C16H17N3/c1-11(2)19-10-13(12-6-3-4-8-15(12)19)16-14(17)7-5-9-18-16/h3-11H,17H2,1-2H3. The Labute approximate surface area is 112 Å². The molecule has 0 fully saturated rings. The van der Waals surface area contributed by atoms with Gasteiger partial charge in [0.15, 0.2) is 0 Å². The third-order valence-corrected chi connectivity index (χ3v) is 3.39. The zero-order chi connectivity index (χ0) is 13.4. The minimum Gasteiger partial charge on any atom is -0.397 e. The van der Waals surface area contributed by atoms with Crippen molar-refractivity contribution in [2.24, 2.45) is 0 Å². The molecule has 0 aliphatic heterocycles. The molecular formula is C16H17N3. The van der Waals surface area contributed by atoms with E-state index in [0.29, 0.717) is 11.7 Å². The third-order valence-electron chi connectivity index (χ3n) is 3.39. The third kappa shape index (κ3) is 1.87. The van der Waals surface area contributed by atoms with E-state index in [1.165, 1.54) is 10.9 Å². The van der Waals surface area contributed by atoms with Gasteiger partial charge in [0.2, 0.25) is 0 Å². The molecule has 0 aliphatic rings. The number of nitrogens with two attached hydrogens (primary N) is 1. The highest BCUT2D eigenvalue weighted by Gasteiger charge is 2.14. The van der Waals surface area contributed by atoms with E-state index in [1.54, 1.807) is 6.20 Å². The summed E-state index contributed by atoms with van der Waals surface area (Å²) in [5.74, 6) is 0. The quantitative estimate of drug-likeness (QED) is 0.751. The van der Waals surface area contributed by atoms with Crippen LogP contribution in [0, 0.1) is 0 Å². The van der Waals surface area contributed by atoms with Crippen LogP contribution in [-0.4, -0.2) is 9.55 Å². The lowest BCUT2D eigenvalue weighted by Crippen LogP contribution is -1.97. The zero-order valence-corrected chi connectivity index (χ0v) is 11.2. The first kappa shape index (κ1) is 11.8. The molecule has 0 saturated heterocycles. The van der Waals surface area contributed by atoms with E-state index in [1.807, 2.05) is 12.1 Å². The van der Waals surface area contributed by atoms with E-state index >= 15 is 0 Å². The van der Waals surface area contributed by atoms with Gasteiger partial charge in [0.05, 0.1) is 11.4 Å². The van der Waals surface area contributed by atoms with Gasteiger partial charge in [0, 0.05) is 34.9 Å². The van der Waals surface area contributed by atoms with Crippen LogP contribution in [0.1, 0.15) is 19.9 Å². The molecule has 3 heteroatoms. The van der Waals surface area contributed by atoms with Gasteiger partial charge in [-0.25, -0.2) is 0 Å². The Morgan fingerprint density at radius 3 is 2.63 bits per heavy atom. The topological polar surface area (TPSA) is 43.8 Å². The van der Waals surface area contributed by atoms with E-state index in [-0.39, 0.29) is 0 Å². The second-order valence-electron chi connectivity index (χ2n) is 5.00. The van der Waals surface area contributed by atoms with Crippen LogP contribution in [0.25, 0.3) is 22.2 Å². The normalized spacial score (nSPS) is 11.3. The van der Waals surface area contributed by atoms with Crippen molar-refractivity contribution in [2.45, 2.75) is 19.9 Å². The van der Waals surface area contributed by atoms with Gasteiger partial charge in [0.25, 0.3) is 0 Å². The molecule has 2 aromatic heterocycles. The van der Waals surface area contributed by atoms with Gasteiger partial charge >= 0.3 is 0 Å². The second-order valence-corrected chi connectivity index (χ2v) is 5.00. The van der Waals surface area contributed by atoms with E-state index < -0.39 is 0 Å². The first-order chi connectivity index (χ1) is 9.18. The molecule has 0 radical (unpaired) electrons. The van der Waals surface area contributed by atoms with Gasteiger partial charge in [-0.15, -0.1) is 0 Å². The number of rotatable bonds is 2. The van der Waals surface area contributed by atoms with Crippen LogP contribution < -0.4 is 5.73 Å². The smallest absolute Gasteiger partial charge is 0.0952 e. The van der Waals surface area contributed by atoms with Crippen molar-refractivity contribution in [1.29, 1.82) is 0 Å². The number of hydrogen-bond acceptors (Lipinski definition) is 2. The van der Waals surface area contributed by atoms with E-state index in [4.69, 9.17) is 5.73 Å². The van der Waals surface area contributed by atoms with Crippen LogP contribution in [0.5, 0.6) is 0 Å². The number of anilines is 1. The average molecular weight is 251 g/mol. The Hall–Kier alpha value is -2.29. The number of fused-ring (bicyclic) bond motifs is 1. The SMILES string of the molecule is CC(C)n1cc(-c2ncccc2N)c2ccccc21. The van der Waals surface area contributed by atoms with Crippen molar-refractivity contribution < 1.29 is 0 Å². The summed E-state index contributed by atoms with van der Waals surface area (Å²) in [5, 5.41) is 1.20. The van der Waals surface area contributed by atoms with Gasteiger partial charge in [-0.1, -0.05) is 18.2 Å². The first-order valence-electron chi connectivity index (χ1n) is 6.49. The first-order valence-corrected chi connectivity index (χ1v) is 6.49. The van der Waals surface area contributed by atoms with Crippen LogP contribution in [-0.2, 0) is 0 Å². The van der Waals surface area contributed by atoms with Crippen molar-refractivity contribution >= 4 is 16.6 Å². The molecule has 0 atom stereocenters. The molecule has 0 aliphatic carbocycles. The maximum Gasteiger partial charge on any atom is 0.0952 e. The predicted molar refractivity (Wildman–Crippen MR) is 80.0 cm³/mol. The summed E-state index contributed by atoms with van der Waals surface area (Å²) >= 11 is 0. The second kappa shape index (κ2) is 4.43. The molecule has 96 valence electrons. The highest BCUT2D eigenvalue weighted by molar-refractivity contribution is 5.97. The monoisotopic (exact) mass is 251 g/mol. The van der Waals surface area contributed by atoms with Gasteiger partial charge in [-0.2, -0.15) is 0 Å². The lowest BCUT2D eigenvalue weighted by Gasteiger charge is -2.08. The minimum absolute atomic E-state index is 0.406. The van der Waals surface area contributed by atoms with Crippen LogP contribution in [0.4, 0.5) is 5.69 Å². The molecule has 3 nitrogen and oxygen atoms in total. The van der Waals surface area contributed by atoms with Crippen LogP contribution in [0.15, 0.2) is 48.8 Å². The molecule has 2 N–H and O–H groups in total. The van der Waals surface area contributed by atoms with Gasteiger partial charge in [-0.05, 0) is 32.0 Å². The van der Waals surface area contributed by atoms with Crippen molar-refractivity contribution in [2.75, 3.05) is 5.73 Å². The molecule has 19 heavy (non-hydrogen) atoms. The number of nitrogen functional groups attached to an aromatic ring is 1. The number of nitrogens with zero attached hydrogens (tertiary/aromatic N) is 2. The van der Waals surface area contributed by atoms with Crippen molar-refractivity contribution in [1.82, 2.24) is 9.55 Å². The molecule has 0 saturated carbocycles.